The van der Waals surface area contributed by atoms with Crippen LogP contribution in [0.3, 0.4) is 0 Å². The van der Waals surface area contributed by atoms with E-state index in [0.29, 0.717) is 6.42 Å². The lowest BCUT2D eigenvalue weighted by molar-refractivity contribution is -0.226. The van der Waals surface area contributed by atoms with Gasteiger partial charge in [-0.25, -0.2) is 0 Å². The van der Waals surface area contributed by atoms with Crippen molar-refractivity contribution < 1.29 is 22.7 Å². The van der Waals surface area contributed by atoms with Crippen molar-refractivity contribution in [3.63, 3.8) is 0 Å². The molecule has 0 aliphatic rings. The van der Waals surface area contributed by atoms with Crippen LogP contribution in [0.2, 0.25) is 0 Å². The van der Waals surface area contributed by atoms with E-state index in [2.05, 4.69) is 37.3 Å². The van der Waals surface area contributed by atoms with Crippen molar-refractivity contribution in [1.29, 1.82) is 0 Å². The second-order valence-corrected chi connectivity index (χ2v) is 13.9. The molecule has 4 nitrogen and oxygen atoms in total. The Morgan fingerprint density at radius 3 is 2.23 bits per heavy atom. The standard InChI is InChI=1S/C30H39F3N2O2S2/c1-7-19-8-10-20(11-9-19)23-14-21-12-13-22(15-24(21)39-23)38-18-29(6,30(31,32)33)17-37-26(36)28(4,5)25(34)16-27(2,3)35/h8-15,25H,7,16-18,34-35H2,1-6H3. The number of thiophene rings is 1. The number of hydrogen-bond acceptors (Lipinski definition) is 6. The van der Waals surface area contributed by atoms with Gasteiger partial charge in [0.15, 0.2) is 0 Å². The highest BCUT2D eigenvalue weighted by Crippen LogP contribution is 2.44. The lowest BCUT2D eigenvalue weighted by Crippen LogP contribution is -2.51. The number of nitrogens with two attached hydrogens (primary N) is 2. The third kappa shape index (κ3) is 7.78. The highest BCUT2D eigenvalue weighted by Gasteiger charge is 2.52. The van der Waals surface area contributed by atoms with Crippen LogP contribution in [0.25, 0.3) is 20.5 Å². The molecule has 9 heteroatoms. The summed E-state index contributed by atoms with van der Waals surface area (Å²) in [7, 11) is 0. The Morgan fingerprint density at radius 1 is 1.03 bits per heavy atom. The van der Waals surface area contributed by atoms with Gasteiger partial charge in [0.1, 0.15) is 12.0 Å². The number of hydrogen-bond donors (Lipinski definition) is 2. The van der Waals surface area contributed by atoms with Gasteiger partial charge in [-0.1, -0.05) is 37.3 Å². The third-order valence-corrected chi connectivity index (χ3v) is 9.62. The summed E-state index contributed by atoms with van der Waals surface area (Å²) in [5, 5.41) is 1.05. The number of carbonyl (C=O) groups excluding carboxylic acids is 1. The average molecular weight is 581 g/mol. The Balaban J connectivity index is 1.71. The molecule has 2 aromatic carbocycles. The summed E-state index contributed by atoms with van der Waals surface area (Å²) in [6.45, 7) is 9.13. The van der Waals surface area contributed by atoms with Crippen molar-refractivity contribution in [1.82, 2.24) is 0 Å². The van der Waals surface area contributed by atoms with E-state index >= 15 is 0 Å². The van der Waals surface area contributed by atoms with Crippen LogP contribution in [-0.4, -0.2) is 36.1 Å². The Labute approximate surface area is 237 Å². The predicted octanol–water partition coefficient (Wildman–Crippen LogP) is 7.82. The van der Waals surface area contributed by atoms with Crippen LogP contribution in [0.4, 0.5) is 13.2 Å². The summed E-state index contributed by atoms with van der Waals surface area (Å²) in [5.41, 5.74) is 10.5. The molecule has 4 N–H and O–H groups in total. The van der Waals surface area contributed by atoms with Crippen molar-refractivity contribution in [3.8, 4) is 10.4 Å². The number of esters is 1. The van der Waals surface area contributed by atoms with Gasteiger partial charge >= 0.3 is 12.1 Å². The van der Waals surface area contributed by atoms with Gasteiger partial charge in [0.25, 0.3) is 0 Å². The van der Waals surface area contributed by atoms with Crippen molar-refractivity contribution in [2.24, 2.45) is 22.3 Å². The molecule has 39 heavy (non-hydrogen) atoms. The van der Waals surface area contributed by atoms with E-state index in [9.17, 15) is 18.0 Å². The van der Waals surface area contributed by atoms with E-state index in [1.165, 1.54) is 5.56 Å². The monoisotopic (exact) mass is 580 g/mol. The Morgan fingerprint density at radius 2 is 1.67 bits per heavy atom. The molecule has 0 saturated heterocycles. The number of thioether (sulfide) groups is 1. The number of ether oxygens (including phenoxy) is 1. The maximum atomic E-state index is 14.2. The summed E-state index contributed by atoms with van der Waals surface area (Å²) in [6.07, 6.45) is -3.28. The Hall–Kier alpha value is -2.07. The zero-order valence-corrected chi connectivity index (χ0v) is 25.1. The largest absolute Gasteiger partial charge is 0.464 e. The van der Waals surface area contributed by atoms with Crippen LogP contribution < -0.4 is 11.5 Å². The molecule has 0 bridgehead atoms. The molecule has 0 saturated carbocycles. The molecule has 0 spiro atoms. The molecular formula is C30H39F3N2O2S2. The maximum Gasteiger partial charge on any atom is 0.398 e. The van der Waals surface area contributed by atoms with E-state index in [1.54, 1.807) is 39.0 Å². The fourth-order valence-corrected chi connectivity index (χ4v) is 6.26. The SMILES string of the molecule is CCc1ccc(-c2cc3ccc(SCC(C)(COC(=O)C(C)(C)C(N)CC(C)(C)N)C(F)(F)F)cc3s2)cc1. The van der Waals surface area contributed by atoms with E-state index in [4.69, 9.17) is 16.2 Å². The van der Waals surface area contributed by atoms with Crippen molar-refractivity contribution in [3.05, 3.63) is 54.1 Å². The molecule has 3 rings (SSSR count). The van der Waals surface area contributed by atoms with Gasteiger partial charge in [0.2, 0.25) is 0 Å². The lowest BCUT2D eigenvalue weighted by atomic mass is 9.79. The van der Waals surface area contributed by atoms with Gasteiger partial charge in [0.05, 0.1) is 5.41 Å². The van der Waals surface area contributed by atoms with Crippen LogP contribution in [0.1, 0.15) is 53.5 Å². The van der Waals surface area contributed by atoms with Gasteiger partial charge < -0.3 is 16.2 Å². The van der Waals surface area contributed by atoms with Crippen LogP contribution in [0.5, 0.6) is 0 Å². The molecule has 2 atom stereocenters. The number of halogens is 3. The van der Waals surface area contributed by atoms with Crippen molar-refractivity contribution in [2.75, 3.05) is 12.4 Å². The second-order valence-electron chi connectivity index (χ2n) is 11.8. The fourth-order valence-electron chi connectivity index (χ4n) is 3.98. The van der Waals surface area contributed by atoms with Crippen LogP contribution in [-0.2, 0) is 16.0 Å². The number of rotatable bonds is 11. The van der Waals surface area contributed by atoms with Gasteiger partial charge in [-0.2, -0.15) is 13.2 Å². The number of alkyl halides is 3. The Kier molecular flexibility index (Phi) is 9.52. The zero-order chi connectivity index (χ0) is 29.2. The van der Waals surface area contributed by atoms with Gasteiger partial charge in [0, 0.05) is 31.8 Å². The number of benzene rings is 2. The molecule has 214 valence electrons. The van der Waals surface area contributed by atoms with Crippen LogP contribution >= 0.6 is 23.1 Å². The van der Waals surface area contributed by atoms with Gasteiger partial charge in [-0.3, -0.25) is 4.79 Å². The van der Waals surface area contributed by atoms with E-state index < -0.39 is 41.2 Å². The minimum atomic E-state index is -4.57. The van der Waals surface area contributed by atoms with Crippen LogP contribution in [0.15, 0.2) is 53.4 Å². The highest BCUT2D eigenvalue weighted by atomic mass is 32.2. The molecular weight excluding hydrogens is 541 g/mol. The van der Waals surface area contributed by atoms with Crippen molar-refractivity contribution in [2.45, 2.75) is 77.0 Å². The lowest BCUT2D eigenvalue weighted by Gasteiger charge is -2.36. The van der Waals surface area contributed by atoms with Gasteiger partial charge in [-0.05, 0) is 82.2 Å². The zero-order valence-electron chi connectivity index (χ0n) is 23.4. The fraction of sp³-hybridized carbons (Fsp3) is 0.500. The predicted molar refractivity (Wildman–Crippen MR) is 157 cm³/mol. The summed E-state index contributed by atoms with van der Waals surface area (Å²) >= 11 is 2.72. The van der Waals surface area contributed by atoms with E-state index in [-0.39, 0.29) is 5.75 Å². The number of fused-ring (bicyclic) bond motifs is 1. The molecule has 2 unspecified atom stereocenters. The maximum absolute atomic E-state index is 14.2. The summed E-state index contributed by atoms with van der Waals surface area (Å²) in [4.78, 5) is 14.7. The third-order valence-electron chi connectivity index (χ3n) is 7.10. The molecule has 3 aromatic rings. The van der Waals surface area contributed by atoms with E-state index in [0.717, 1.165) is 50.5 Å². The Bertz CT molecular complexity index is 1280. The molecule has 0 aliphatic heterocycles. The first kappa shape index (κ1) is 31.5. The first-order valence-electron chi connectivity index (χ1n) is 13.0. The minimum absolute atomic E-state index is 0.297. The smallest absolute Gasteiger partial charge is 0.398 e. The number of aryl methyl sites for hydroxylation is 1. The molecule has 0 radical (unpaired) electrons. The first-order valence-corrected chi connectivity index (χ1v) is 14.8. The first-order chi connectivity index (χ1) is 17.9. The molecule has 0 aliphatic carbocycles. The summed E-state index contributed by atoms with van der Waals surface area (Å²) < 4.78 is 48.8. The van der Waals surface area contributed by atoms with E-state index in [1.807, 2.05) is 18.2 Å². The molecule has 0 amide bonds. The normalized spacial score (nSPS) is 15.3. The minimum Gasteiger partial charge on any atom is -0.464 e. The van der Waals surface area contributed by atoms with Gasteiger partial charge in [-0.15, -0.1) is 23.1 Å². The summed E-state index contributed by atoms with van der Waals surface area (Å²) in [5.74, 6) is -1.06. The summed E-state index contributed by atoms with van der Waals surface area (Å²) in [6, 6.07) is 15.6. The van der Waals surface area contributed by atoms with Crippen LogP contribution in [0, 0.1) is 10.8 Å². The average Bonchev–Trinajstić information content (AvgIpc) is 3.27. The van der Waals surface area contributed by atoms with Crippen molar-refractivity contribution >= 4 is 39.2 Å². The topological polar surface area (TPSA) is 78.3 Å². The quantitative estimate of drug-likeness (QED) is 0.179. The second kappa shape index (κ2) is 11.8. The molecule has 1 heterocycles. The number of carbonyl (C=O) groups is 1. The highest BCUT2D eigenvalue weighted by molar-refractivity contribution is 7.99. The molecule has 0 fully saturated rings. The molecule has 1 aromatic heterocycles.